The normalized spacial score (nSPS) is 14.2. The van der Waals surface area contributed by atoms with Gasteiger partial charge in [-0.15, -0.1) is 10.2 Å². The molecule has 28 heavy (non-hydrogen) atoms. The molecule has 5 nitrogen and oxygen atoms in total. The van der Waals surface area contributed by atoms with Crippen molar-refractivity contribution in [2.45, 2.75) is 24.4 Å². The van der Waals surface area contributed by atoms with E-state index in [0.29, 0.717) is 16.7 Å². The van der Waals surface area contributed by atoms with Crippen LogP contribution in [0.4, 0.5) is 4.39 Å². The first kappa shape index (κ1) is 18.7. The molecule has 0 bridgehead atoms. The Labute approximate surface area is 167 Å². The second-order valence-corrected chi connectivity index (χ2v) is 7.66. The number of likely N-dealkylation sites (tertiary alicyclic amines) is 1. The number of aromatic nitrogens is 3. The number of rotatable bonds is 5. The third-order valence-electron chi connectivity index (χ3n) is 4.78. The fraction of sp³-hybridized carbons (Fsp3) is 0.286. The van der Waals surface area contributed by atoms with Gasteiger partial charge in [0.1, 0.15) is 5.82 Å². The molecule has 0 aliphatic carbocycles. The zero-order valence-corrected chi connectivity index (χ0v) is 16.2. The van der Waals surface area contributed by atoms with E-state index in [1.54, 1.807) is 12.1 Å². The zero-order valence-electron chi connectivity index (χ0n) is 15.4. The largest absolute Gasteiger partial charge is 0.342 e. The Bertz CT molecular complexity index is 937. The van der Waals surface area contributed by atoms with Crippen LogP contribution in [-0.2, 0) is 4.79 Å². The van der Waals surface area contributed by atoms with Gasteiger partial charge in [0.25, 0.3) is 0 Å². The summed E-state index contributed by atoms with van der Waals surface area (Å²) in [6.45, 7) is 1.67. The quantitative estimate of drug-likeness (QED) is 0.607. The van der Waals surface area contributed by atoms with Gasteiger partial charge in [0.05, 0.1) is 5.75 Å². The van der Waals surface area contributed by atoms with Crippen molar-refractivity contribution in [3.05, 3.63) is 60.4 Å². The average Bonchev–Trinajstić information content (AvgIpc) is 3.18. The van der Waals surface area contributed by atoms with Crippen LogP contribution in [0.3, 0.4) is 0 Å². The molecule has 0 atom stereocenters. The molecule has 0 spiro atoms. The van der Waals surface area contributed by atoms with Crippen LogP contribution in [0.1, 0.15) is 19.3 Å². The van der Waals surface area contributed by atoms with Crippen LogP contribution in [0.2, 0.25) is 0 Å². The van der Waals surface area contributed by atoms with Crippen LogP contribution in [0.15, 0.2) is 59.8 Å². The van der Waals surface area contributed by atoms with Gasteiger partial charge in [-0.05, 0) is 43.5 Å². The lowest BCUT2D eigenvalue weighted by molar-refractivity contribution is -0.129. The van der Waals surface area contributed by atoms with E-state index in [0.717, 1.165) is 37.2 Å². The summed E-state index contributed by atoms with van der Waals surface area (Å²) in [4.78, 5) is 14.5. The fourth-order valence-electron chi connectivity index (χ4n) is 3.32. The molecule has 4 rings (SSSR count). The molecule has 0 unspecified atom stereocenters. The molecule has 1 aliphatic heterocycles. The Hall–Kier alpha value is -2.67. The standard InChI is InChI=1S/C21H21FN4OS/c22-17-9-11-18(12-10-17)26-20(16-7-3-1-4-8-16)23-24-21(26)28-15-19(27)25-13-5-2-6-14-25/h1,3-4,7-12H,2,5-6,13-15H2. The molecular formula is C21H21FN4OS. The molecule has 1 fully saturated rings. The van der Waals surface area contributed by atoms with E-state index in [9.17, 15) is 9.18 Å². The van der Waals surface area contributed by atoms with Crippen molar-refractivity contribution in [1.82, 2.24) is 19.7 Å². The van der Waals surface area contributed by atoms with Gasteiger partial charge >= 0.3 is 0 Å². The first-order chi connectivity index (χ1) is 13.7. The van der Waals surface area contributed by atoms with Crippen LogP contribution < -0.4 is 0 Å². The average molecular weight is 396 g/mol. The van der Waals surface area contributed by atoms with Crippen molar-refractivity contribution in [3.63, 3.8) is 0 Å². The predicted octanol–water partition coefficient (Wildman–Crippen LogP) is 4.18. The maximum absolute atomic E-state index is 13.4. The minimum atomic E-state index is -0.299. The summed E-state index contributed by atoms with van der Waals surface area (Å²) < 4.78 is 15.3. The second kappa shape index (κ2) is 8.56. The number of halogens is 1. The molecule has 2 heterocycles. The third-order valence-corrected chi connectivity index (χ3v) is 5.70. The smallest absolute Gasteiger partial charge is 0.233 e. The first-order valence-electron chi connectivity index (χ1n) is 9.40. The Morgan fingerprint density at radius 3 is 2.39 bits per heavy atom. The molecule has 0 radical (unpaired) electrons. The molecule has 0 saturated carbocycles. The van der Waals surface area contributed by atoms with E-state index >= 15 is 0 Å². The maximum atomic E-state index is 13.4. The summed E-state index contributed by atoms with van der Waals surface area (Å²) in [5.41, 5.74) is 1.67. The van der Waals surface area contributed by atoms with Crippen molar-refractivity contribution in [1.29, 1.82) is 0 Å². The minimum absolute atomic E-state index is 0.125. The molecule has 7 heteroatoms. The number of benzene rings is 2. The highest BCUT2D eigenvalue weighted by molar-refractivity contribution is 7.99. The molecule has 1 saturated heterocycles. The summed E-state index contributed by atoms with van der Waals surface area (Å²) >= 11 is 1.37. The van der Waals surface area contributed by atoms with Gasteiger partial charge in [0, 0.05) is 24.3 Å². The Kier molecular flexibility index (Phi) is 5.71. The molecule has 3 aromatic rings. The monoisotopic (exact) mass is 396 g/mol. The molecule has 1 aromatic heterocycles. The summed E-state index contributed by atoms with van der Waals surface area (Å²) in [7, 11) is 0. The van der Waals surface area contributed by atoms with Gasteiger partial charge in [-0.25, -0.2) is 4.39 Å². The van der Waals surface area contributed by atoms with Crippen LogP contribution in [0.25, 0.3) is 17.1 Å². The van der Waals surface area contributed by atoms with Gasteiger partial charge in [-0.3, -0.25) is 9.36 Å². The number of carbonyl (C=O) groups is 1. The minimum Gasteiger partial charge on any atom is -0.342 e. The van der Waals surface area contributed by atoms with Crippen LogP contribution in [-0.4, -0.2) is 44.4 Å². The van der Waals surface area contributed by atoms with E-state index in [1.807, 2.05) is 39.8 Å². The lowest BCUT2D eigenvalue weighted by atomic mass is 10.1. The maximum Gasteiger partial charge on any atom is 0.233 e. The number of thioether (sulfide) groups is 1. The zero-order chi connectivity index (χ0) is 19.3. The van der Waals surface area contributed by atoms with Gasteiger partial charge in [-0.2, -0.15) is 0 Å². The van der Waals surface area contributed by atoms with Gasteiger partial charge < -0.3 is 4.90 Å². The van der Waals surface area contributed by atoms with E-state index in [2.05, 4.69) is 10.2 Å². The van der Waals surface area contributed by atoms with E-state index in [1.165, 1.54) is 30.3 Å². The molecule has 1 aliphatic rings. The number of nitrogens with zero attached hydrogens (tertiary/aromatic N) is 4. The molecule has 1 amide bonds. The lowest BCUT2D eigenvalue weighted by Gasteiger charge is -2.26. The van der Waals surface area contributed by atoms with Crippen molar-refractivity contribution in [2.24, 2.45) is 0 Å². The highest BCUT2D eigenvalue weighted by Gasteiger charge is 2.20. The first-order valence-corrected chi connectivity index (χ1v) is 10.4. The van der Waals surface area contributed by atoms with E-state index in [-0.39, 0.29) is 11.7 Å². The number of hydrogen-bond donors (Lipinski definition) is 0. The van der Waals surface area contributed by atoms with E-state index < -0.39 is 0 Å². The highest BCUT2D eigenvalue weighted by atomic mass is 32.2. The number of carbonyl (C=O) groups excluding carboxylic acids is 1. The van der Waals surface area contributed by atoms with Crippen LogP contribution in [0, 0.1) is 5.82 Å². The number of hydrogen-bond acceptors (Lipinski definition) is 4. The topological polar surface area (TPSA) is 51.0 Å². The van der Waals surface area contributed by atoms with Crippen LogP contribution >= 0.6 is 11.8 Å². The summed E-state index contributed by atoms with van der Waals surface area (Å²) in [5.74, 6) is 0.806. The van der Waals surface area contributed by atoms with Crippen molar-refractivity contribution >= 4 is 17.7 Å². The highest BCUT2D eigenvalue weighted by Crippen LogP contribution is 2.28. The Balaban J connectivity index is 1.62. The molecular weight excluding hydrogens is 375 g/mol. The summed E-state index contributed by atoms with van der Waals surface area (Å²) in [6.07, 6.45) is 3.33. The predicted molar refractivity (Wildman–Crippen MR) is 108 cm³/mol. The molecule has 2 aromatic carbocycles. The molecule has 144 valence electrons. The number of piperidine rings is 1. The third kappa shape index (κ3) is 4.09. The second-order valence-electron chi connectivity index (χ2n) is 6.71. The fourth-order valence-corrected chi connectivity index (χ4v) is 4.18. The van der Waals surface area contributed by atoms with Crippen molar-refractivity contribution in [3.8, 4) is 17.1 Å². The summed E-state index contributed by atoms with van der Waals surface area (Å²) in [6, 6.07) is 15.9. The van der Waals surface area contributed by atoms with Gasteiger partial charge in [-0.1, -0.05) is 42.1 Å². The van der Waals surface area contributed by atoms with E-state index in [4.69, 9.17) is 0 Å². The van der Waals surface area contributed by atoms with Crippen molar-refractivity contribution in [2.75, 3.05) is 18.8 Å². The Morgan fingerprint density at radius 2 is 1.68 bits per heavy atom. The van der Waals surface area contributed by atoms with Crippen LogP contribution in [0.5, 0.6) is 0 Å². The van der Waals surface area contributed by atoms with Gasteiger partial charge in [0.15, 0.2) is 11.0 Å². The van der Waals surface area contributed by atoms with Gasteiger partial charge in [0.2, 0.25) is 5.91 Å². The molecule has 0 N–H and O–H groups in total. The SMILES string of the molecule is O=C(CSc1nnc(-c2ccccc2)n1-c1ccc(F)cc1)N1CCCCC1. The van der Waals surface area contributed by atoms with Crippen molar-refractivity contribution < 1.29 is 9.18 Å². The summed E-state index contributed by atoms with van der Waals surface area (Å²) in [5, 5.41) is 9.29. The number of amides is 1. The lowest BCUT2D eigenvalue weighted by Crippen LogP contribution is -2.36. The Morgan fingerprint density at radius 1 is 0.964 bits per heavy atom.